The molecule has 0 unspecified atom stereocenters. The third-order valence-electron chi connectivity index (χ3n) is 2.86. The van der Waals surface area contributed by atoms with Gasteiger partial charge in [-0.3, -0.25) is 5.10 Å². The first kappa shape index (κ1) is 12.6. The maximum absolute atomic E-state index is 5.52. The number of hydrogen-bond donors (Lipinski definition) is 2. The van der Waals surface area contributed by atoms with Crippen LogP contribution in [0.3, 0.4) is 0 Å². The van der Waals surface area contributed by atoms with Crippen molar-refractivity contribution in [1.82, 2.24) is 15.2 Å². The minimum Gasteiger partial charge on any atom is -0.496 e. The van der Waals surface area contributed by atoms with Crippen LogP contribution < -0.4 is 10.5 Å². The lowest BCUT2D eigenvalue weighted by atomic mass is 10.00. The second kappa shape index (κ2) is 5.18. The zero-order chi connectivity index (χ0) is 13.1. The summed E-state index contributed by atoms with van der Waals surface area (Å²) in [4.78, 5) is 4.34. The fourth-order valence-corrected chi connectivity index (χ4v) is 1.77. The van der Waals surface area contributed by atoms with Crippen LogP contribution in [0.1, 0.15) is 31.2 Å². The van der Waals surface area contributed by atoms with Gasteiger partial charge in [-0.05, 0) is 23.6 Å². The normalized spacial score (nSPS) is 10.9. The number of methoxy groups -OCH3 is 1. The monoisotopic (exact) mass is 246 g/mol. The van der Waals surface area contributed by atoms with Gasteiger partial charge in [0.15, 0.2) is 5.82 Å². The number of aromatic amines is 1. The van der Waals surface area contributed by atoms with E-state index in [-0.39, 0.29) is 0 Å². The Morgan fingerprint density at radius 1 is 1.39 bits per heavy atom. The van der Waals surface area contributed by atoms with Crippen molar-refractivity contribution in [2.24, 2.45) is 5.73 Å². The Morgan fingerprint density at radius 2 is 2.17 bits per heavy atom. The molecule has 2 aromatic rings. The van der Waals surface area contributed by atoms with Crippen LogP contribution >= 0.6 is 0 Å². The molecule has 18 heavy (non-hydrogen) atoms. The van der Waals surface area contributed by atoms with Gasteiger partial charge in [-0.15, -0.1) is 0 Å². The van der Waals surface area contributed by atoms with E-state index in [1.165, 1.54) is 5.56 Å². The number of ether oxygens (including phenoxy) is 1. The molecule has 0 bridgehead atoms. The van der Waals surface area contributed by atoms with Crippen LogP contribution in [0.4, 0.5) is 0 Å². The molecule has 3 N–H and O–H groups in total. The molecule has 2 rings (SSSR count). The summed E-state index contributed by atoms with van der Waals surface area (Å²) in [5.41, 5.74) is 7.64. The van der Waals surface area contributed by atoms with E-state index in [0.29, 0.717) is 24.1 Å². The number of rotatable bonds is 4. The number of hydrogen-bond acceptors (Lipinski definition) is 4. The maximum atomic E-state index is 5.52. The summed E-state index contributed by atoms with van der Waals surface area (Å²) in [5, 5.41) is 6.98. The Balaban J connectivity index is 2.49. The Kier molecular flexibility index (Phi) is 3.62. The van der Waals surface area contributed by atoms with Crippen LogP contribution in [-0.4, -0.2) is 22.3 Å². The van der Waals surface area contributed by atoms with E-state index < -0.39 is 0 Å². The van der Waals surface area contributed by atoms with Crippen LogP contribution in [0.25, 0.3) is 11.4 Å². The number of nitrogens with zero attached hydrogens (tertiary/aromatic N) is 2. The highest BCUT2D eigenvalue weighted by atomic mass is 16.5. The van der Waals surface area contributed by atoms with E-state index in [1.54, 1.807) is 7.11 Å². The zero-order valence-corrected chi connectivity index (χ0v) is 10.9. The Labute approximate surface area is 106 Å². The number of nitrogens with one attached hydrogen (secondary N) is 1. The molecule has 1 aromatic heterocycles. The van der Waals surface area contributed by atoms with Crippen molar-refractivity contribution in [3.8, 4) is 17.1 Å². The first-order chi connectivity index (χ1) is 8.65. The summed E-state index contributed by atoms with van der Waals surface area (Å²) in [6, 6.07) is 6.07. The van der Waals surface area contributed by atoms with E-state index in [2.05, 4.69) is 41.2 Å². The lowest BCUT2D eigenvalue weighted by Gasteiger charge is -2.10. The summed E-state index contributed by atoms with van der Waals surface area (Å²) in [6.45, 7) is 4.64. The van der Waals surface area contributed by atoms with Gasteiger partial charge in [-0.2, -0.15) is 5.10 Å². The third kappa shape index (κ3) is 2.36. The molecule has 0 fully saturated rings. The van der Waals surface area contributed by atoms with Crippen molar-refractivity contribution in [1.29, 1.82) is 0 Å². The van der Waals surface area contributed by atoms with Crippen molar-refractivity contribution in [3.05, 3.63) is 29.6 Å². The molecule has 5 nitrogen and oxygen atoms in total. The van der Waals surface area contributed by atoms with Crippen molar-refractivity contribution in [2.75, 3.05) is 7.11 Å². The van der Waals surface area contributed by atoms with Gasteiger partial charge in [0.25, 0.3) is 0 Å². The molecule has 0 saturated heterocycles. The number of aromatic nitrogens is 3. The van der Waals surface area contributed by atoms with E-state index in [9.17, 15) is 0 Å². The van der Waals surface area contributed by atoms with Crippen LogP contribution in [0.15, 0.2) is 18.2 Å². The summed E-state index contributed by atoms with van der Waals surface area (Å²) in [5.74, 6) is 2.50. The highest BCUT2D eigenvalue weighted by Crippen LogP contribution is 2.30. The zero-order valence-electron chi connectivity index (χ0n) is 10.9. The van der Waals surface area contributed by atoms with E-state index >= 15 is 0 Å². The molecule has 1 aromatic carbocycles. The SMILES string of the molecule is COc1ccc(C(C)C)cc1-c1n[nH]c(CN)n1. The lowest BCUT2D eigenvalue weighted by molar-refractivity contribution is 0.416. The van der Waals surface area contributed by atoms with E-state index in [1.807, 2.05) is 6.07 Å². The highest BCUT2D eigenvalue weighted by molar-refractivity contribution is 5.65. The van der Waals surface area contributed by atoms with Gasteiger partial charge in [0.05, 0.1) is 19.2 Å². The molecule has 5 heteroatoms. The van der Waals surface area contributed by atoms with Crippen LogP contribution in [0, 0.1) is 0 Å². The maximum Gasteiger partial charge on any atom is 0.184 e. The molecule has 0 aliphatic rings. The van der Waals surface area contributed by atoms with Gasteiger partial charge in [0.1, 0.15) is 11.6 Å². The van der Waals surface area contributed by atoms with E-state index in [4.69, 9.17) is 10.5 Å². The fraction of sp³-hybridized carbons (Fsp3) is 0.385. The molecular formula is C13H18N4O. The van der Waals surface area contributed by atoms with Gasteiger partial charge in [0.2, 0.25) is 0 Å². The molecule has 0 saturated carbocycles. The molecule has 0 aliphatic carbocycles. The fourth-order valence-electron chi connectivity index (χ4n) is 1.77. The van der Waals surface area contributed by atoms with Gasteiger partial charge >= 0.3 is 0 Å². The minimum atomic E-state index is 0.346. The van der Waals surface area contributed by atoms with Crippen LogP contribution in [-0.2, 0) is 6.54 Å². The Morgan fingerprint density at radius 3 is 2.72 bits per heavy atom. The average molecular weight is 246 g/mol. The van der Waals surface area contributed by atoms with E-state index in [0.717, 1.165) is 11.3 Å². The summed E-state index contributed by atoms with van der Waals surface area (Å²) in [6.07, 6.45) is 0. The molecular weight excluding hydrogens is 228 g/mol. The lowest BCUT2D eigenvalue weighted by Crippen LogP contribution is -1.98. The molecule has 96 valence electrons. The first-order valence-corrected chi connectivity index (χ1v) is 5.95. The smallest absolute Gasteiger partial charge is 0.184 e. The van der Waals surface area contributed by atoms with Gasteiger partial charge in [-0.25, -0.2) is 4.98 Å². The third-order valence-corrected chi connectivity index (χ3v) is 2.86. The number of H-pyrrole nitrogens is 1. The largest absolute Gasteiger partial charge is 0.496 e. The predicted octanol–water partition coefficient (Wildman–Crippen LogP) is 2.06. The van der Waals surface area contributed by atoms with Crippen molar-refractivity contribution < 1.29 is 4.74 Å². The number of benzene rings is 1. The first-order valence-electron chi connectivity index (χ1n) is 5.95. The topological polar surface area (TPSA) is 76.8 Å². The minimum absolute atomic E-state index is 0.346. The van der Waals surface area contributed by atoms with Crippen molar-refractivity contribution in [3.63, 3.8) is 0 Å². The van der Waals surface area contributed by atoms with Gasteiger partial charge < -0.3 is 10.5 Å². The quantitative estimate of drug-likeness (QED) is 0.865. The van der Waals surface area contributed by atoms with Gasteiger partial charge in [0, 0.05) is 0 Å². The van der Waals surface area contributed by atoms with Crippen LogP contribution in [0.2, 0.25) is 0 Å². The second-order valence-corrected chi connectivity index (χ2v) is 4.42. The number of nitrogens with two attached hydrogens (primary N) is 1. The Bertz CT molecular complexity index is 534. The molecule has 0 amide bonds. The van der Waals surface area contributed by atoms with Gasteiger partial charge in [-0.1, -0.05) is 19.9 Å². The average Bonchev–Trinajstić information content (AvgIpc) is 2.86. The molecule has 0 radical (unpaired) electrons. The van der Waals surface area contributed by atoms with Crippen LogP contribution in [0.5, 0.6) is 5.75 Å². The summed E-state index contributed by atoms with van der Waals surface area (Å²) >= 11 is 0. The summed E-state index contributed by atoms with van der Waals surface area (Å²) < 4.78 is 5.35. The highest BCUT2D eigenvalue weighted by Gasteiger charge is 2.13. The van der Waals surface area contributed by atoms with Crippen molar-refractivity contribution in [2.45, 2.75) is 26.3 Å². The molecule has 0 spiro atoms. The standard InChI is InChI=1S/C13H18N4O/c1-8(2)9-4-5-11(18-3)10(6-9)13-15-12(7-14)16-17-13/h4-6,8H,7,14H2,1-3H3,(H,15,16,17). The summed E-state index contributed by atoms with van der Waals surface area (Å²) in [7, 11) is 1.64. The molecule has 0 atom stereocenters. The Hall–Kier alpha value is -1.88. The molecule has 1 heterocycles. The van der Waals surface area contributed by atoms with Crippen molar-refractivity contribution >= 4 is 0 Å². The second-order valence-electron chi connectivity index (χ2n) is 4.42. The molecule has 0 aliphatic heterocycles. The predicted molar refractivity (Wildman–Crippen MR) is 70.4 cm³/mol.